The molecule has 2 aromatic rings. The van der Waals surface area contributed by atoms with Gasteiger partial charge in [-0.25, -0.2) is 0 Å². The van der Waals surface area contributed by atoms with Gasteiger partial charge in [-0.05, 0) is 41.8 Å². The summed E-state index contributed by atoms with van der Waals surface area (Å²) < 4.78 is 5.95. The second-order valence-electron chi connectivity index (χ2n) is 7.92. The van der Waals surface area contributed by atoms with Crippen LogP contribution in [0.1, 0.15) is 95.1 Å². The molecule has 158 valence electrons. The summed E-state index contributed by atoms with van der Waals surface area (Å²) in [6.45, 7) is 3.10. The Labute approximate surface area is 178 Å². The van der Waals surface area contributed by atoms with E-state index in [9.17, 15) is 0 Å². The summed E-state index contributed by atoms with van der Waals surface area (Å²) in [5, 5.41) is 0. The summed E-state index contributed by atoms with van der Waals surface area (Å²) in [5.41, 5.74) is 2.32. The first kappa shape index (κ1) is 23.2. The van der Waals surface area contributed by atoms with Crippen LogP contribution < -0.4 is 4.74 Å². The Bertz CT molecular complexity index is 665. The van der Waals surface area contributed by atoms with E-state index in [4.69, 9.17) is 4.74 Å². The molecular formula is C27H39NO. The van der Waals surface area contributed by atoms with Crippen LogP contribution in [0.5, 0.6) is 5.75 Å². The fraction of sp³-hybridized carbons (Fsp3) is 0.519. The van der Waals surface area contributed by atoms with Gasteiger partial charge in [-0.3, -0.25) is 4.98 Å². The fourth-order valence-corrected chi connectivity index (χ4v) is 3.51. The highest BCUT2D eigenvalue weighted by Gasteiger charge is 1.97. The van der Waals surface area contributed by atoms with Crippen molar-refractivity contribution in [3.05, 3.63) is 59.9 Å². The summed E-state index contributed by atoms with van der Waals surface area (Å²) >= 11 is 0. The lowest BCUT2D eigenvalue weighted by Gasteiger charge is -2.07. The van der Waals surface area contributed by atoms with Gasteiger partial charge in [0.15, 0.2) is 0 Å². The number of unbranched alkanes of at least 4 members (excludes halogenated alkanes) is 11. The van der Waals surface area contributed by atoms with Crippen molar-refractivity contribution in [3.63, 3.8) is 0 Å². The number of ether oxygens (including phenoxy) is 1. The Kier molecular flexibility index (Phi) is 12.6. The van der Waals surface area contributed by atoms with Gasteiger partial charge in [0.05, 0.1) is 6.61 Å². The van der Waals surface area contributed by atoms with Crippen LogP contribution >= 0.6 is 0 Å². The molecule has 0 amide bonds. The molecule has 29 heavy (non-hydrogen) atoms. The molecule has 0 atom stereocenters. The van der Waals surface area contributed by atoms with E-state index < -0.39 is 0 Å². The minimum Gasteiger partial charge on any atom is -0.494 e. The van der Waals surface area contributed by atoms with E-state index in [0.717, 1.165) is 29.9 Å². The molecule has 2 nitrogen and oxygen atoms in total. The Morgan fingerprint density at radius 2 is 1.28 bits per heavy atom. The smallest absolute Gasteiger partial charge is 0.119 e. The molecule has 0 saturated carbocycles. The molecule has 1 aromatic carbocycles. The van der Waals surface area contributed by atoms with Crippen LogP contribution in [0.15, 0.2) is 48.8 Å². The number of hydrogen-bond donors (Lipinski definition) is 0. The van der Waals surface area contributed by atoms with Gasteiger partial charge in [0.2, 0.25) is 0 Å². The molecular weight excluding hydrogens is 354 g/mol. The third kappa shape index (κ3) is 11.5. The molecule has 0 radical (unpaired) electrons. The maximum atomic E-state index is 5.95. The van der Waals surface area contributed by atoms with Crippen molar-refractivity contribution >= 4 is 12.2 Å². The van der Waals surface area contributed by atoms with Crippen LogP contribution in [0.25, 0.3) is 12.2 Å². The highest BCUT2D eigenvalue weighted by molar-refractivity contribution is 5.69. The van der Waals surface area contributed by atoms with Crippen molar-refractivity contribution in [2.24, 2.45) is 0 Å². The Morgan fingerprint density at radius 3 is 1.93 bits per heavy atom. The van der Waals surface area contributed by atoms with E-state index in [-0.39, 0.29) is 0 Å². The molecule has 2 heteroatoms. The quantitative estimate of drug-likeness (QED) is 0.267. The number of rotatable bonds is 16. The third-order valence-corrected chi connectivity index (χ3v) is 5.30. The van der Waals surface area contributed by atoms with E-state index in [2.05, 4.69) is 42.3 Å². The van der Waals surface area contributed by atoms with Crippen molar-refractivity contribution in [3.8, 4) is 5.75 Å². The molecule has 2 rings (SSSR count). The van der Waals surface area contributed by atoms with E-state index in [1.165, 1.54) is 70.6 Å². The summed E-state index contributed by atoms with van der Waals surface area (Å²) in [7, 11) is 0. The average Bonchev–Trinajstić information content (AvgIpc) is 2.76. The van der Waals surface area contributed by atoms with Crippen LogP contribution in [-0.4, -0.2) is 11.6 Å². The van der Waals surface area contributed by atoms with E-state index in [0.29, 0.717) is 0 Å². The van der Waals surface area contributed by atoms with E-state index >= 15 is 0 Å². The highest BCUT2D eigenvalue weighted by atomic mass is 16.5. The van der Waals surface area contributed by atoms with Gasteiger partial charge in [-0.2, -0.15) is 0 Å². The predicted molar refractivity (Wildman–Crippen MR) is 126 cm³/mol. The normalized spacial score (nSPS) is 11.2. The van der Waals surface area contributed by atoms with Gasteiger partial charge >= 0.3 is 0 Å². The Hall–Kier alpha value is -2.09. The zero-order valence-electron chi connectivity index (χ0n) is 18.3. The van der Waals surface area contributed by atoms with Crippen molar-refractivity contribution in [1.29, 1.82) is 0 Å². The zero-order valence-corrected chi connectivity index (χ0v) is 18.3. The number of benzene rings is 1. The molecule has 0 N–H and O–H groups in total. The molecule has 0 saturated heterocycles. The van der Waals surface area contributed by atoms with Gasteiger partial charge in [-0.1, -0.05) is 102 Å². The van der Waals surface area contributed by atoms with Crippen molar-refractivity contribution < 1.29 is 4.74 Å². The standard InChI is InChI=1S/C27H39NO/c1-2-3-4-5-6-7-8-9-10-11-12-13-23-29-27-16-14-15-26(24-27)18-17-25-19-21-28-22-20-25/h14-22,24H,2-13,23H2,1H3/b18-17+. The molecule has 1 heterocycles. The lowest BCUT2D eigenvalue weighted by atomic mass is 10.1. The number of aromatic nitrogens is 1. The topological polar surface area (TPSA) is 22.1 Å². The summed E-state index contributed by atoms with van der Waals surface area (Å²) in [6, 6.07) is 12.3. The van der Waals surface area contributed by atoms with Crippen LogP contribution in [0.4, 0.5) is 0 Å². The van der Waals surface area contributed by atoms with E-state index in [1.807, 2.05) is 30.6 Å². The third-order valence-electron chi connectivity index (χ3n) is 5.30. The Morgan fingerprint density at radius 1 is 0.690 bits per heavy atom. The first-order chi connectivity index (χ1) is 14.4. The maximum absolute atomic E-state index is 5.95. The molecule has 0 unspecified atom stereocenters. The molecule has 0 aliphatic heterocycles. The van der Waals surface area contributed by atoms with Crippen molar-refractivity contribution in [2.75, 3.05) is 6.61 Å². The lowest BCUT2D eigenvalue weighted by molar-refractivity contribution is 0.304. The molecule has 0 aliphatic carbocycles. The number of hydrogen-bond acceptors (Lipinski definition) is 2. The van der Waals surface area contributed by atoms with Crippen LogP contribution in [0.3, 0.4) is 0 Å². The molecule has 0 bridgehead atoms. The van der Waals surface area contributed by atoms with Gasteiger partial charge in [-0.15, -0.1) is 0 Å². The summed E-state index contributed by atoms with van der Waals surface area (Å²) in [6.07, 6.45) is 24.3. The van der Waals surface area contributed by atoms with Crippen molar-refractivity contribution in [2.45, 2.75) is 84.0 Å². The van der Waals surface area contributed by atoms with Crippen molar-refractivity contribution in [1.82, 2.24) is 4.98 Å². The second kappa shape index (κ2) is 15.8. The Balaban J connectivity index is 1.50. The lowest BCUT2D eigenvalue weighted by Crippen LogP contribution is -1.97. The molecule has 0 aliphatic rings. The largest absolute Gasteiger partial charge is 0.494 e. The van der Waals surface area contributed by atoms with Crippen LogP contribution in [-0.2, 0) is 0 Å². The number of nitrogens with zero attached hydrogens (tertiary/aromatic N) is 1. The summed E-state index contributed by atoms with van der Waals surface area (Å²) in [4.78, 5) is 4.05. The number of pyridine rings is 1. The summed E-state index contributed by atoms with van der Waals surface area (Å²) in [5.74, 6) is 0.963. The highest BCUT2D eigenvalue weighted by Crippen LogP contribution is 2.17. The van der Waals surface area contributed by atoms with Gasteiger partial charge < -0.3 is 4.74 Å². The first-order valence-corrected chi connectivity index (χ1v) is 11.7. The minimum atomic E-state index is 0.814. The zero-order chi connectivity index (χ0) is 20.4. The maximum Gasteiger partial charge on any atom is 0.119 e. The average molecular weight is 394 g/mol. The first-order valence-electron chi connectivity index (χ1n) is 11.7. The SMILES string of the molecule is CCCCCCCCCCCCCCOc1cccc(/C=C/c2ccncc2)c1. The molecule has 0 fully saturated rings. The van der Waals surface area contributed by atoms with Gasteiger partial charge in [0.1, 0.15) is 5.75 Å². The minimum absolute atomic E-state index is 0.814. The molecule has 0 spiro atoms. The van der Waals surface area contributed by atoms with Crippen LogP contribution in [0, 0.1) is 0 Å². The fourth-order valence-electron chi connectivity index (χ4n) is 3.51. The van der Waals surface area contributed by atoms with Crippen LogP contribution in [0.2, 0.25) is 0 Å². The van der Waals surface area contributed by atoms with Gasteiger partial charge in [0, 0.05) is 12.4 Å². The monoisotopic (exact) mass is 393 g/mol. The van der Waals surface area contributed by atoms with Gasteiger partial charge in [0.25, 0.3) is 0 Å². The second-order valence-corrected chi connectivity index (χ2v) is 7.92. The predicted octanol–water partition coefficient (Wildman–Crippen LogP) is 8.33. The molecule has 1 aromatic heterocycles. The van der Waals surface area contributed by atoms with E-state index in [1.54, 1.807) is 0 Å².